The van der Waals surface area contributed by atoms with Crippen LogP contribution in [0.4, 0.5) is 26.3 Å². The standard InChI is InChI=1S/C17H24F6O3.C5H8O2/c18-16(19,20)15(25,17(21,22)23)7-3-1-2-4-8-26-14(24)13-10-11-5-6-12(13)9-11;1-4(2)5(6)7-3/h11-13,25H,1-10H2;1H2,2-3H3. The second-order valence-electron chi connectivity index (χ2n) is 8.74. The van der Waals surface area contributed by atoms with Gasteiger partial charge in [-0.2, -0.15) is 26.3 Å². The fourth-order valence-corrected chi connectivity index (χ4v) is 4.27. The van der Waals surface area contributed by atoms with Crippen LogP contribution < -0.4 is 0 Å². The number of carbonyl (C=O) groups is 2. The van der Waals surface area contributed by atoms with Gasteiger partial charge in [0.1, 0.15) is 0 Å². The van der Waals surface area contributed by atoms with Gasteiger partial charge in [-0.15, -0.1) is 0 Å². The lowest BCUT2D eigenvalue weighted by molar-refractivity contribution is -0.370. The Morgan fingerprint density at radius 3 is 1.94 bits per heavy atom. The average Bonchev–Trinajstić information content (AvgIpc) is 3.34. The molecule has 0 heterocycles. The molecule has 3 unspecified atom stereocenters. The molecule has 0 radical (unpaired) electrons. The first-order chi connectivity index (χ1) is 15.1. The fourth-order valence-electron chi connectivity index (χ4n) is 4.27. The number of hydrogen-bond donors (Lipinski definition) is 1. The van der Waals surface area contributed by atoms with Gasteiger partial charge in [0.05, 0.1) is 19.6 Å². The highest BCUT2D eigenvalue weighted by Crippen LogP contribution is 2.49. The second kappa shape index (κ2) is 12.1. The minimum Gasteiger partial charge on any atom is -0.466 e. The van der Waals surface area contributed by atoms with E-state index >= 15 is 0 Å². The number of unbranched alkanes of at least 4 members (excludes halogenated alkanes) is 3. The fraction of sp³-hybridized carbons (Fsp3) is 0.818. The number of esters is 2. The van der Waals surface area contributed by atoms with Crippen LogP contribution in [0.15, 0.2) is 12.2 Å². The first-order valence-corrected chi connectivity index (χ1v) is 10.9. The van der Waals surface area contributed by atoms with Gasteiger partial charge in [0.15, 0.2) is 0 Å². The summed E-state index contributed by atoms with van der Waals surface area (Å²) < 4.78 is 84.5. The molecular weight excluding hydrogens is 458 g/mol. The van der Waals surface area contributed by atoms with Crippen molar-refractivity contribution in [3.05, 3.63) is 12.2 Å². The Hall–Kier alpha value is -1.78. The molecule has 0 amide bonds. The number of hydrogen-bond acceptors (Lipinski definition) is 5. The van der Waals surface area contributed by atoms with Gasteiger partial charge >= 0.3 is 24.3 Å². The van der Waals surface area contributed by atoms with E-state index in [1.165, 1.54) is 7.11 Å². The van der Waals surface area contributed by atoms with Crippen molar-refractivity contribution in [3.63, 3.8) is 0 Å². The number of methoxy groups -OCH3 is 1. The summed E-state index contributed by atoms with van der Waals surface area (Å²) in [5.74, 6) is 0.372. The maximum absolute atomic E-state index is 12.5. The molecule has 2 fully saturated rings. The van der Waals surface area contributed by atoms with E-state index in [2.05, 4.69) is 11.3 Å². The van der Waals surface area contributed by atoms with Gasteiger partial charge in [-0.05, 0) is 57.3 Å². The third-order valence-electron chi connectivity index (χ3n) is 6.19. The second-order valence-corrected chi connectivity index (χ2v) is 8.74. The minimum atomic E-state index is -5.76. The molecule has 0 spiro atoms. The van der Waals surface area contributed by atoms with E-state index in [1.807, 2.05) is 0 Å². The van der Waals surface area contributed by atoms with Gasteiger partial charge in [0.2, 0.25) is 0 Å². The molecule has 0 aliphatic heterocycles. The summed E-state index contributed by atoms with van der Waals surface area (Å²) in [5.41, 5.74) is -4.24. The molecular formula is C22H32F6O5. The van der Waals surface area contributed by atoms with E-state index in [0.29, 0.717) is 30.3 Å². The van der Waals surface area contributed by atoms with Crippen LogP contribution in [0.25, 0.3) is 0 Å². The first kappa shape index (κ1) is 29.3. The van der Waals surface area contributed by atoms with Crippen molar-refractivity contribution in [1.82, 2.24) is 0 Å². The summed E-state index contributed by atoms with van der Waals surface area (Å²) >= 11 is 0. The van der Waals surface area contributed by atoms with Crippen molar-refractivity contribution >= 4 is 11.9 Å². The largest absolute Gasteiger partial charge is 0.466 e. The molecule has 2 bridgehead atoms. The molecule has 192 valence electrons. The van der Waals surface area contributed by atoms with Crippen molar-refractivity contribution in [2.75, 3.05) is 13.7 Å². The molecule has 2 saturated carbocycles. The van der Waals surface area contributed by atoms with E-state index in [4.69, 9.17) is 9.84 Å². The van der Waals surface area contributed by atoms with E-state index < -0.39 is 30.8 Å². The predicted molar refractivity (Wildman–Crippen MR) is 107 cm³/mol. The van der Waals surface area contributed by atoms with Crippen LogP contribution >= 0.6 is 0 Å². The Morgan fingerprint density at radius 1 is 0.970 bits per heavy atom. The van der Waals surface area contributed by atoms with Crippen molar-refractivity contribution in [1.29, 1.82) is 0 Å². The zero-order valence-electron chi connectivity index (χ0n) is 18.9. The van der Waals surface area contributed by atoms with Crippen LogP contribution in [-0.4, -0.2) is 48.7 Å². The van der Waals surface area contributed by atoms with Crippen LogP contribution in [0.2, 0.25) is 0 Å². The lowest BCUT2D eigenvalue weighted by Gasteiger charge is -2.32. The number of ether oxygens (including phenoxy) is 2. The molecule has 0 saturated heterocycles. The van der Waals surface area contributed by atoms with Crippen LogP contribution in [0, 0.1) is 17.8 Å². The summed E-state index contributed by atoms with van der Waals surface area (Å²) in [6, 6.07) is 0. The minimum absolute atomic E-state index is 0.0534. The third kappa shape index (κ3) is 8.19. The van der Waals surface area contributed by atoms with Crippen LogP contribution in [0.1, 0.15) is 64.7 Å². The zero-order chi connectivity index (χ0) is 25.4. The van der Waals surface area contributed by atoms with Gasteiger partial charge in [-0.25, -0.2) is 4.79 Å². The van der Waals surface area contributed by atoms with Crippen molar-refractivity contribution < 1.29 is 50.5 Å². The molecule has 33 heavy (non-hydrogen) atoms. The van der Waals surface area contributed by atoms with Crippen LogP contribution in [-0.2, 0) is 19.1 Å². The number of halogens is 6. The van der Waals surface area contributed by atoms with E-state index in [0.717, 1.165) is 25.7 Å². The van der Waals surface area contributed by atoms with Gasteiger partial charge in [0.25, 0.3) is 5.60 Å². The van der Waals surface area contributed by atoms with Crippen molar-refractivity contribution in [3.8, 4) is 0 Å². The summed E-state index contributed by atoms with van der Waals surface area (Å²) in [6.07, 6.45) is -8.44. The van der Waals surface area contributed by atoms with Crippen molar-refractivity contribution in [2.45, 2.75) is 82.7 Å². The maximum atomic E-state index is 12.5. The topological polar surface area (TPSA) is 72.8 Å². The monoisotopic (exact) mass is 490 g/mol. The van der Waals surface area contributed by atoms with Crippen LogP contribution in [0.5, 0.6) is 0 Å². The van der Waals surface area contributed by atoms with Gasteiger partial charge in [-0.1, -0.05) is 25.8 Å². The molecule has 0 aromatic rings. The highest BCUT2D eigenvalue weighted by molar-refractivity contribution is 5.86. The lowest BCUT2D eigenvalue weighted by Crippen LogP contribution is -2.56. The Kier molecular flexibility index (Phi) is 10.7. The Labute approximate surface area is 189 Å². The van der Waals surface area contributed by atoms with Crippen molar-refractivity contribution in [2.24, 2.45) is 17.8 Å². The number of fused-ring (bicyclic) bond motifs is 2. The Balaban J connectivity index is 0.000000675. The zero-order valence-corrected chi connectivity index (χ0v) is 18.9. The van der Waals surface area contributed by atoms with Gasteiger partial charge in [-0.3, -0.25) is 4.79 Å². The summed E-state index contributed by atoms with van der Waals surface area (Å²) in [5, 5.41) is 9.01. The molecule has 2 aliphatic rings. The van der Waals surface area contributed by atoms with Crippen LogP contribution in [0.3, 0.4) is 0 Å². The molecule has 2 rings (SSSR count). The summed E-state index contributed by atoms with van der Waals surface area (Å²) in [4.78, 5) is 22.2. The molecule has 11 heteroatoms. The molecule has 2 aliphatic carbocycles. The van der Waals surface area contributed by atoms with E-state index in [9.17, 15) is 35.9 Å². The summed E-state index contributed by atoms with van der Waals surface area (Å²) in [7, 11) is 1.33. The SMILES string of the molecule is C=C(C)C(=O)OC.O=C(OCCCCCCC(O)(C(F)(F)F)C(F)(F)F)C1CC2CCC1C2. The number of rotatable bonds is 9. The first-order valence-electron chi connectivity index (χ1n) is 10.9. The molecule has 0 aromatic carbocycles. The quantitative estimate of drug-likeness (QED) is 0.200. The molecule has 5 nitrogen and oxygen atoms in total. The predicted octanol–water partition coefficient (Wildman–Crippen LogP) is 5.51. The average molecular weight is 490 g/mol. The third-order valence-corrected chi connectivity index (χ3v) is 6.19. The maximum Gasteiger partial charge on any atom is 0.426 e. The Bertz CT molecular complexity index is 659. The van der Waals surface area contributed by atoms with Gasteiger partial charge in [0, 0.05) is 5.57 Å². The number of carbonyl (C=O) groups excluding carboxylic acids is 2. The van der Waals surface area contributed by atoms with Gasteiger partial charge < -0.3 is 14.6 Å². The smallest absolute Gasteiger partial charge is 0.426 e. The molecule has 1 N–H and O–H groups in total. The lowest BCUT2D eigenvalue weighted by atomic mass is 9.89. The highest BCUT2D eigenvalue weighted by Gasteiger charge is 2.69. The highest BCUT2D eigenvalue weighted by atomic mass is 19.4. The van der Waals surface area contributed by atoms with E-state index in [-0.39, 0.29) is 30.9 Å². The molecule has 0 aromatic heterocycles. The number of alkyl halides is 6. The normalized spacial score (nSPS) is 22.4. The Morgan fingerprint density at radius 2 is 1.55 bits per heavy atom. The van der Waals surface area contributed by atoms with E-state index in [1.54, 1.807) is 6.92 Å². The summed E-state index contributed by atoms with van der Waals surface area (Å²) in [6.45, 7) is 5.07. The number of aliphatic hydroxyl groups is 1. The molecule has 3 atom stereocenters.